The molecular weight excluding hydrogens is 366 g/mol. The number of unbranched alkanes of at least 4 members (excludes halogenated alkanes) is 1. The van der Waals surface area contributed by atoms with Gasteiger partial charge in [0, 0.05) is 50.5 Å². The van der Waals surface area contributed by atoms with Crippen molar-refractivity contribution in [1.82, 2.24) is 25.6 Å². The molecule has 2 rings (SSSR count). The Morgan fingerprint density at radius 1 is 1.17 bits per heavy atom. The molecule has 3 atom stereocenters. The van der Waals surface area contributed by atoms with E-state index >= 15 is 0 Å². The fourth-order valence-corrected chi connectivity index (χ4v) is 4.02. The number of pyridine rings is 1. The first-order valence-electron chi connectivity index (χ1n) is 11.0. The van der Waals surface area contributed by atoms with Crippen molar-refractivity contribution in [2.75, 3.05) is 19.6 Å². The molecule has 2 N–H and O–H groups in total. The third-order valence-electron chi connectivity index (χ3n) is 5.82. The van der Waals surface area contributed by atoms with Gasteiger partial charge >= 0.3 is 0 Å². The summed E-state index contributed by atoms with van der Waals surface area (Å²) in [4.78, 5) is 32.9. The molecule has 1 fully saturated rings. The van der Waals surface area contributed by atoms with Crippen molar-refractivity contribution < 1.29 is 9.59 Å². The number of hydrogen-bond donors (Lipinski definition) is 2. The molecule has 0 spiro atoms. The van der Waals surface area contributed by atoms with Crippen LogP contribution in [0.1, 0.15) is 71.4 Å². The van der Waals surface area contributed by atoms with Crippen molar-refractivity contribution in [3.63, 3.8) is 0 Å². The Kier molecular flexibility index (Phi) is 9.54. The summed E-state index contributed by atoms with van der Waals surface area (Å²) in [6.07, 6.45) is 8.07. The van der Waals surface area contributed by atoms with Gasteiger partial charge in [0.2, 0.25) is 11.8 Å². The average Bonchev–Trinajstić information content (AvgIpc) is 3.22. The lowest BCUT2D eigenvalue weighted by atomic mass is 10.00. The van der Waals surface area contributed by atoms with E-state index in [4.69, 9.17) is 0 Å². The molecule has 7 heteroatoms. The standard InChI is InChI=1S/C22H37N5O2/c1-5-26(6-2)22(29)17(4)27(7-3)21(28)13-9-8-12-19-15-20(25-24-19)18-11-10-14-23-16-18/h10-11,14,16-17,19-20,24-25H,5-9,12-13,15H2,1-4H3. The minimum absolute atomic E-state index is 0.0351. The van der Waals surface area contributed by atoms with Crippen LogP contribution in [0.4, 0.5) is 0 Å². The van der Waals surface area contributed by atoms with Gasteiger partial charge in [-0.1, -0.05) is 12.5 Å². The van der Waals surface area contributed by atoms with Crippen molar-refractivity contribution in [2.24, 2.45) is 0 Å². The summed E-state index contributed by atoms with van der Waals surface area (Å²) in [5.74, 6) is 0.110. The summed E-state index contributed by atoms with van der Waals surface area (Å²) in [5, 5.41) is 0. The predicted molar refractivity (Wildman–Crippen MR) is 115 cm³/mol. The molecule has 7 nitrogen and oxygen atoms in total. The van der Waals surface area contributed by atoms with Crippen molar-refractivity contribution in [1.29, 1.82) is 0 Å². The predicted octanol–water partition coefficient (Wildman–Crippen LogP) is 2.65. The van der Waals surface area contributed by atoms with Gasteiger partial charge in [-0.3, -0.25) is 20.0 Å². The first-order chi connectivity index (χ1) is 14.0. The normalized spacial score (nSPS) is 19.7. The Labute approximate surface area is 175 Å². The van der Waals surface area contributed by atoms with E-state index in [2.05, 4.69) is 21.9 Å². The molecule has 1 aliphatic heterocycles. The van der Waals surface area contributed by atoms with E-state index in [1.165, 1.54) is 5.56 Å². The second-order valence-corrected chi connectivity index (χ2v) is 7.67. The van der Waals surface area contributed by atoms with Gasteiger partial charge in [-0.05, 0) is 58.6 Å². The minimum atomic E-state index is -0.395. The van der Waals surface area contributed by atoms with Gasteiger partial charge in [0.1, 0.15) is 6.04 Å². The van der Waals surface area contributed by atoms with Gasteiger partial charge in [0.05, 0.1) is 0 Å². The third-order valence-corrected chi connectivity index (χ3v) is 5.82. The van der Waals surface area contributed by atoms with E-state index in [-0.39, 0.29) is 17.9 Å². The molecule has 29 heavy (non-hydrogen) atoms. The number of nitrogens with zero attached hydrogens (tertiary/aromatic N) is 3. The lowest BCUT2D eigenvalue weighted by Gasteiger charge is -2.31. The van der Waals surface area contributed by atoms with Gasteiger partial charge < -0.3 is 9.80 Å². The molecule has 2 heterocycles. The summed E-state index contributed by atoms with van der Waals surface area (Å²) in [5.41, 5.74) is 7.90. The van der Waals surface area contributed by atoms with E-state index < -0.39 is 6.04 Å². The zero-order valence-corrected chi connectivity index (χ0v) is 18.4. The Balaban J connectivity index is 1.72. The summed E-state index contributed by atoms with van der Waals surface area (Å²) in [6, 6.07) is 4.35. The molecule has 0 aromatic carbocycles. The van der Waals surface area contributed by atoms with Crippen molar-refractivity contribution >= 4 is 11.8 Å². The maximum Gasteiger partial charge on any atom is 0.245 e. The Hall–Kier alpha value is -1.99. The molecule has 3 unspecified atom stereocenters. The highest BCUT2D eigenvalue weighted by molar-refractivity contribution is 5.87. The summed E-state index contributed by atoms with van der Waals surface area (Å²) < 4.78 is 0. The number of nitrogens with one attached hydrogen (secondary N) is 2. The van der Waals surface area contributed by atoms with Crippen LogP contribution in [0.3, 0.4) is 0 Å². The molecule has 2 amide bonds. The van der Waals surface area contributed by atoms with Gasteiger partial charge in [-0.15, -0.1) is 0 Å². The van der Waals surface area contributed by atoms with E-state index in [0.29, 0.717) is 32.1 Å². The van der Waals surface area contributed by atoms with Crippen molar-refractivity contribution in [3.8, 4) is 0 Å². The van der Waals surface area contributed by atoms with E-state index in [9.17, 15) is 9.59 Å². The maximum absolute atomic E-state index is 12.7. The van der Waals surface area contributed by atoms with Crippen LogP contribution in [-0.4, -0.2) is 58.3 Å². The zero-order chi connectivity index (χ0) is 21.2. The molecule has 0 radical (unpaired) electrons. The van der Waals surface area contributed by atoms with Crippen molar-refractivity contribution in [2.45, 2.75) is 77.9 Å². The van der Waals surface area contributed by atoms with Crippen LogP contribution in [0.15, 0.2) is 24.5 Å². The van der Waals surface area contributed by atoms with Crippen LogP contribution in [-0.2, 0) is 9.59 Å². The molecule has 1 saturated heterocycles. The second-order valence-electron chi connectivity index (χ2n) is 7.67. The number of rotatable bonds is 11. The topological polar surface area (TPSA) is 77.6 Å². The first-order valence-corrected chi connectivity index (χ1v) is 11.0. The first kappa shape index (κ1) is 23.3. The van der Waals surface area contributed by atoms with Gasteiger partial charge in [0.15, 0.2) is 0 Å². The van der Waals surface area contributed by atoms with Crippen molar-refractivity contribution in [3.05, 3.63) is 30.1 Å². The van der Waals surface area contributed by atoms with E-state index in [1.54, 1.807) is 16.0 Å². The minimum Gasteiger partial charge on any atom is -0.341 e. The van der Waals surface area contributed by atoms with E-state index in [1.807, 2.05) is 40.0 Å². The largest absolute Gasteiger partial charge is 0.341 e. The Bertz CT molecular complexity index is 635. The number of hydrogen-bond acceptors (Lipinski definition) is 5. The smallest absolute Gasteiger partial charge is 0.245 e. The SMILES string of the molecule is CCN(CC)C(=O)C(C)N(CC)C(=O)CCCCC1CC(c2cccnc2)NN1. The summed E-state index contributed by atoms with van der Waals surface area (Å²) >= 11 is 0. The average molecular weight is 404 g/mol. The lowest BCUT2D eigenvalue weighted by molar-refractivity contribution is -0.144. The van der Waals surface area contributed by atoms with Gasteiger partial charge in [-0.25, -0.2) is 5.43 Å². The monoisotopic (exact) mass is 403 g/mol. The van der Waals surface area contributed by atoms with Crippen LogP contribution in [0.5, 0.6) is 0 Å². The molecule has 0 saturated carbocycles. The fourth-order valence-electron chi connectivity index (χ4n) is 4.02. The molecule has 0 aliphatic carbocycles. The number of carbonyl (C=O) groups is 2. The zero-order valence-electron chi connectivity index (χ0n) is 18.4. The lowest BCUT2D eigenvalue weighted by Crippen LogP contribution is -2.49. The van der Waals surface area contributed by atoms with Gasteiger partial charge in [-0.2, -0.15) is 0 Å². The van der Waals surface area contributed by atoms with Gasteiger partial charge in [0.25, 0.3) is 0 Å². The van der Waals surface area contributed by atoms with Crippen LogP contribution in [0.2, 0.25) is 0 Å². The Morgan fingerprint density at radius 2 is 1.93 bits per heavy atom. The van der Waals surface area contributed by atoms with Crippen LogP contribution in [0, 0.1) is 0 Å². The highest BCUT2D eigenvalue weighted by atomic mass is 16.2. The van der Waals surface area contributed by atoms with Crippen LogP contribution >= 0.6 is 0 Å². The summed E-state index contributed by atoms with van der Waals surface area (Å²) in [6.45, 7) is 9.63. The quantitative estimate of drug-likeness (QED) is 0.556. The molecule has 1 aromatic heterocycles. The Morgan fingerprint density at radius 3 is 2.55 bits per heavy atom. The molecular formula is C22H37N5O2. The molecule has 162 valence electrons. The number of carbonyl (C=O) groups excluding carboxylic acids is 2. The van der Waals surface area contributed by atoms with Crippen LogP contribution < -0.4 is 10.9 Å². The number of aromatic nitrogens is 1. The maximum atomic E-state index is 12.7. The second kappa shape index (κ2) is 11.9. The van der Waals surface area contributed by atoms with E-state index in [0.717, 1.165) is 25.7 Å². The molecule has 1 aliphatic rings. The number of likely N-dealkylation sites (N-methyl/N-ethyl adjacent to an activating group) is 2. The highest BCUT2D eigenvalue weighted by Gasteiger charge is 2.27. The molecule has 1 aromatic rings. The third kappa shape index (κ3) is 6.51. The number of amides is 2. The highest BCUT2D eigenvalue weighted by Crippen LogP contribution is 2.24. The summed E-state index contributed by atoms with van der Waals surface area (Å²) in [7, 11) is 0. The number of hydrazine groups is 1. The fraction of sp³-hybridized carbons (Fsp3) is 0.682. The molecule has 0 bridgehead atoms. The van der Waals surface area contributed by atoms with Crippen LogP contribution in [0.25, 0.3) is 0 Å².